The molecule has 8 rings (SSSR count). The number of fused-ring (bicyclic) bond motifs is 1. The number of rotatable bonds is 9. The van der Waals surface area contributed by atoms with Crippen LogP contribution in [0.1, 0.15) is 84.9 Å². The minimum atomic E-state index is -0.235. The molecular formula is C41H51N9O3. The lowest BCUT2D eigenvalue weighted by Crippen LogP contribution is -2.53. The standard InChI is InChI=1S/C41H51N9O3/c1-46(2)40(53)36-25-30-26-42-41(45-38(30)50(36)34-5-3-4-6-34)43-31-11-7-28(8-12-31)27-47-21-23-49(24-22-47)33-17-19-48(20-18-33)32-13-9-29(10-14-32)35-15-16-37(51)44-39(35)52/h7-14,25-26,33-35H,3-6,15-24,27H2,1-2H3,(H,42,43,45)(H,44,51,52). The second kappa shape index (κ2) is 15.3. The molecule has 4 fully saturated rings. The van der Waals surface area contributed by atoms with Crippen LogP contribution < -0.4 is 15.5 Å². The first-order valence-corrected chi connectivity index (χ1v) is 19.4. The third-order valence-corrected chi connectivity index (χ3v) is 11.8. The second-order valence-corrected chi connectivity index (χ2v) is 15.5. The van der Waals surface area contributed by atoms with Crippen LogP contribution in [0.3, 0.4) is 0 Å². The highest BCUT2D eigenvalue weighted by Gasteiger charge is 2.30. The number of nitrogens with zero attached hydrogens (tertiary/aromatic N) is 7. The SMILES string of the molecule is CN(C)C(=O)c1cc2cnc(Nc3ccc(CN4CCN(C5CCN(c6ccc(C7CCC(=O)NC7=O)cc6)CC5)CC4)cc3)nc2n1C1CCCC1. The van der Waals surface area contributed by atoms with E-state index in [2.05, 4.69) is 83.4 Å². The predicted octanol–water partition coefficient (Wildman–Crippen LogP) is 5.30. The average Bonchev–Trinajstić information content (AvgIpc) is 3.84. The molecule has 1 saturated carbocycles. The van der Waals surface area contributed by atoms with Gasteiger partial charge in [0.25, 0.3) is 5.91 Å². The van der Waals surface area contributed by atoms with Crippen LogP contribution in [0, 0.1) is 0 Å². The molecule has 4 aromatic rings. The van der Waals surface area contributed by atoms with E-state index in [0.717, 1.165) is 93.8 Å². The predicted molar refractivity (Wildman–Crippen MR) is 206 cm³/mol. The summed E-state index contributed by atoms with van der Waals surface area (Å²) >= 11 is 0. The van der Waals surface area contributed by atoms with Gasteiger partial charge < -0.3 is 19.7 Å². The monoisotopic (exact) mass is 717 g/mol. The van der Waals surface area contributed by atoms with E-state index < -0.39 is 0 Å². The number of aromatic nitrogens is 3. The van der Waals surface area contributed by atoms with Crippen LogP contribution in [-0.2, 0) is 16.1 Å². The molecule has 1 unspecified atom stereocenters. The van der Waals surface area contributed by atoms with Gasteiger partial charge in [0, 0.05) is 101 Å². The number of anilines is 3. The molecular weight excluding hydrogens is 667 g/mol. The number of imide groups is 1. The Bertz CT molecular complexity index is 1940. The van der Waals surface area contributed by atoms with Crippen LogP contribution in [0.15, 0.2) is 60.8 Å². The van der Waals surface area contributed by atoms with Gasteiger partial charge in [-0.05, 0) is 73.6 Å². The molecule has 2 aromatic carbocycles. The molecule has 53 heavy (non-hydrogen) atoms. The molecule has 2 aromatic heterocycles. The van der Waals surface area contributed by atoms with E-state index in [-0.39, 0.29) is 29.7 Å². The highest BCUT2D eigenvalue weighted by Crippen LogP contribution is 2.35. The van der Waals surface area contributed by atoms with Gasteiger partial charge in [0.15, 0.2) is 0 Å². The number of hydrogen-bond acceptors (Lipinski definition) is 9. The number of nitrogens with one attached hydrogen (secondary N) is 2. The van der Waals surface area contributed by atoms with E-state index in [4.69, 9.17) is 4.98 Å². The van der Waals surface area contributed by atoms with Gasteiger partial charge in [0.2, 0.25) is 17.8 Å². The summed E-state index contributed by atoms with van der Waals surface area (Å²) in [6.07, 6.45) is 9.59. The molecule has 3 aliphatic heterocycles. The van der Waals surface area contributed by atoms with Gasteiger partial charge >= 0.3 is 0 Å². The van der Waals surface area contributed by atoms with Crippen molar-refractivity contribution in [2.24, 2.45) is 0 Å². The third-order valence-electron chi connectivity index (χ3n) is 11.8. The van der Waals surface area contributed by atoms with Crippen molar-refractivity contribution in [2.75, 3.05) is 63.6 Å². The topological polar surface area (TPSA) is 119 Å². The van der Waals surface area contributed by atoms with Gasteiger partial charge in [0.05, 0.1) is 5.92 Å². The van der Waals surface area contributed by atoms with Crippen LogP contribution in [0.4, 0.5) is 17.3 Å². The Morgan fingerprint density at radius 1 is 0.868 bits per heavy atom. The van der Waals surface area contributed by atoms with Gasteiger partial charge in [0.1, 0.15) is 11.3 Å². The summed E-state index contributed by atoms with van der Waals surface area (Å²) in [5, 5.41) is 6.77. The Morgan fingerprint density at radius 3 is 2.26 bits per heavy atom. The summed E-state index contributed by atoms with van der Waals surface area (Å²) < 4.78 is 2.15. The highest BCUT2D eigenvalue weighted by molar-refractivity contribution is 6.01. The van der Waals surface area contributed by atoms with Crippen LogP contribution in [-0.4, -0.2) is 106 Å². The minimum absolute atomic E-state index is 0.00342. The Hall–Kier alpha value is -4.81. The number of benzene rings is 2. The normalized spacial score (nSPS) is 20.9. The van der Waals surface area contributed by atoms with Crippen LogP contribution in [0.25, 0.3) is 11.0 Å². The lowest BCUT2D eigenvalue weighted by molar-refractivity contribution is -0.134. The molecule has 0 spiro atoms. The number of amides is 3. The number of hydrogen-bond donors (Lipinski definition) is 2. The van der Waals surface area contributed by atoms with Gasteiger partial charge in [-0.3, -0.25) is 29.5 Å². The molecule has 0 radical (unpaired) electrons. The van der Waals surface area contributed by atoms with Gasteiger partial charge in [-0.15, -0.1) is 0 Å². The Kier molecular flexibility index (Phi) is 10.2. The van der Waals surface area contributed by atoms with Crippen molar-refractivity contribution in [1.29, 1.82) is 0 Å². The van der Waals surface area contributed by atoms with Crippen LogP contribution >= 0.6 is 0 Å². The van der Waals surface area contributed by atoms with Crippen molar-refractivity contribution < 1.29 is 14.4 Å². The number of carbonyl (C=O) groups excluding carboxylic acids is 3. The van der Waals surface area contributed by atoms with Crippen molar-refractivity contribution in [1.82, 2.24) is 34.6 Å². The third kappa shape index (κ3) is 7.66. The molecule has 4 aliphatic rings. The van der Waals surface area contributed by atoms with Crippen molar-refractivity contribution in [3.05, 3.63) is 77.6 Å². The van der Waals surface area contributed by atoms with Gasteiger partial charge in [-0.25, -0.2) is 4.98 Å². The highest BCUT2D eigenvalue weighted by atomic mass is 16.2. The molecule has 1 aliphatic carbocycles. The Balaban J connectivity index is 0.813. The number of piperazine rings is 1. The zero-order valence-corrected chi connectivity index (χ0v) is 31.0. The van der Waals surface area contributed by atoms with E-state index in [1.165, 1.54) is 24.1 Å². The first-order chi connectivity index (χ1) is 25.8. The molecule has 12 heteroatoms. The van der Waals surface area contributed by atoms with E-state index in [1.807, 2.05) is 12.3 Å². The van der Waals surface area contributed by atoms with Crippen LogP contribution in [0.5, 0.6) is 0 Å². The fraction of sp³-hybridized carbons (Fsp3) is 0.488. The zero-order chi connectivity index (χ0) is 36.5. The molecule has 2 N–H and O–H groups in total. The van der Waals surface area contributed by atoms with Gasteiger partial charge in [-0.1, -0.05) is 37.1 Å². The van der Waals surface area contributed by atoms with Crippen molar-refractivity contribution in [3.8, 4) is 0 Å². The maximum Gasteiger partial charge on any atom is 0.270 e. The quantitative estimate of drug-likeness (QED) is 0.223. The average molecular weight is 718 g/mol. The molecule has 0 bridgehead atoms. The summed E-state index contributed by atoms with van der Waals surface area (Å²) in [5.74, 6) is -0.0510. The van der Waals surface area contributed by atoms with Gasteiger partial charge in [-0.2, -0.15) is 4.98 Å². The second-order valence-electron chi connectivity index (χ2n) is 15.5. The minimum Gasteiger partial charge on any atom is -0.371 e. The summed E-state index contributed by atoms with van der Waals surface area (Å²) in [4.78, 5) is 55.7. The summed E-state index contributed by atoms with van der Waals surface area (Å²) in [5.41, 5.74) is 5.94. The summed E-state index contributed by atoms with van der Waals surface area (Å²) in [6, 6.07) is 19.8. The maximum absolute atomic E-state index is 13.1. The number of carbonyl (C=O) groups is 3. The summed E-state index contributed by atoms with van der Waals surface area (Å²) in [6.45, 7) is 7.31. The van der Waals surface area contributed by atoms with E-state index >= 15 is 0 Å². The largest absolute Gasteiger partial charge is 0.371 e. The number of piperidine rings is 2. The molecule has 1 atom stereocenters. The van der Waals surface area contributed by atoms with Crippen molar-refractivity contribution >= 4 is 46.1 Å². The van der Waals surface area contributed by atoms with Crippen molar-refractivity contribution in [2.45, 2.75) is 75.9 Å². The fourth-order valence-electron chi connectivity index (χ4n) is 8.78. The van der Waals surface area contributed by atoms with Crippen molar-refractivity contribution in [3.63, 3.8) is 0 Å². The molecule has 3 saturated heterocycles. The first kappa shape index (κ1) is 35.2. The zero-order valence-electron chi connectivity index (χ0n) is 31.0. The molecule has 5 heterocycles. The molecule has 3 amide bonds. The lowest BCUT2D eigenvalue weighted by atomic mass is 9.90. The Labute approximate surface area is 311 Å². The smallest absolute Gasteiger partial charge is 0.270 e. The van der Waals surface area contributed by atoms with Crippen LogP contribution in [0.2, 0.25) is 0 Å². The lowest BCUT2D eigenvalue weighted by Gasteiger charge is -2.43. The summed E-state index contributed by atoms with van der Waals surface area (Å²) in [7, 11) is 3.59. The van der Waals surface area contributed by atoms with E-state index in [0.29, 0.717) is 30.5 Å². The molecule has 12 nitrogen and oxygen atoms in total. The van der Waals surface area contributed by atoms with E-state index in [9.17, 15) is 14.4 Å². The molecule has 278 valence electrons. The fourth-order valence-corrected chi connectivity index (χ4v) is 8.78. The Morgan fingerprint density at radius 2 is 1.58 bits per heavy atom. The maximum atomic E-state index is 13.1. The first-order valence-electron chi connectivity index (χ1n) is 19.4. The van der Waals surface area contributed by atoms with E-state index in [1.54, 1.807) is 19.0 Å².